The third-order valence-corrected chi connectivity index (χ3v) is 3.36. The molecule has 2 heteroatoms. The minimum atomic E-state index is -0.363. The summed E-state index contributed by atoms with van der Waals surface area (Å²) < 4.78 is 5.60. The molecule has 0 radical (unpaired) electrons. The Labute approximate surface area is 138 Å². The number of hydrogen-bond donors (Lipinski definition) is 0. The van der Waals surface area contributed by atoms with Crippen molar-refractivity contribution in [1.82, 2.24) is 0 Å². The first-order valence-electron chi connectivity index (χ1n) is 8.61. The molecule has 0 aliphatic heterocycles. The zero-order valence-electron chi connectivity index (χ0n) is 15.4. The van der Waals surface area contributed by atoms with Crippen molar-refractivity contribution in [3.05, 3.63) is 36.6 Å². The molecule has 0 aliphatic rings. The molecular weight excluding hydrogens is 272 g/mol. The second kappa shape index (κ2) is 16.1. The van der Waals surface area contributed by atoms with Gasteiger partial charge in [-0.15, -0.1) is 0 Å². The van der Waals surface area contributed by atoms with Crippen molar-refractivity contribution in [2.75, 3.05) is 0 Å². The third kappa shape index (κ3) is 12.4. The van der Waals surface area contributed by atoms with Crippen molar-refractivity contribution in [2.45, 2.75) is 85.7 Å². The number of carbonyl (C=O) groups is 1. The average molecular weight is 309 g/mol. The summed E-state index contributed by atoms with van der Waals surface area (Å²) >= 11 is 0. The molecule has 0 heterocycles. The van der Waals surface area contributed by atoms with Crippen LogP contribution in [0.4, 0.5) is 0 Å². The summed E-state index contributed by atoms with van der Waals surface area (Å²) in [7, 11) is 0. The maximum Gasteiger partial charge on any atom is 0.170 e. The molecule has 0 aliphatic carbocycles. The lowest BCUT2D eigenvalue weighted by molar-refractivity contribution is -0.126. The second-order valence-electron chi connectivity index (χ2n) is 5.52. The van der Waals surface area contributed by atoms with E-state index >= 15 is 0 Å². The van der Waals surface area contributed by atoms with Gasteiger partial charge >= 0.3 is 0 Å². The largest absolute Gasteiger partial charge is 0.482 e. The standard InChI is InChI=1S/C13H20O2.C7H16/c1-6-9-13(11(5)14)15-12(8-3)10(4)7-2;1-3-5-7-6-4-2/h7-8,13H,2-3,6,9H2,1,4-5H3;3-7H2,1-2H3/b12-10+;. The molecular formula is C20H36O2. The number of ether oxygens (including phenoxy) is 1. The van der Waals surface area contributed by atoms with Crippen LogP contribution in [-0.2, 0) is 9.53 Å². The molecule has 1 atom stereocenters. The Bertz CT molecular complexity index is 336. The number of ketones is 1. The first-order valence-corrected chi connectivity index (χ1v) is 8.61. The Hall–Kier alpha value is -1.31. The van der Waals surface area contributed by atoms with E-state index in [1.54, 1.807) is 19.1 Å². The fourth-order valence-electron chi connectivity index (χ4n) is 1.84. The smallest absolute Gasteiger partial charge is 0.170 e. The first kappa shape index (κ1) is 23.0. The lowest BCUT2D eigenvalue weighted by atomic mass is 10.1. The van der Waals surface area contributed by atoms with Gasteiger partial charge in [-0.1, -0.05) is 78.5 Å². The van der Waals surface area contributed by atoms with Crippen molar-refractivity contribution in [2.24, 2.45) is 0 Å². The van der Waals surface area contributed by atoms with Crippen molar-refractivity contribution in [3.63, 3.8) is 0 Å². The molecule has 0 saturated heterocycles. The molecule has 128 valence electrons. The molecule has 2 nitrogen and oxygen atoms in total. The molecule has 0 aromatic heterocycles. The normalized spacial score (nSPS) is 12.4. The van der Waals surface area contributed by atoms with Gasteiger partial charge < -0.3 is 4.74 Å². The van der Waals surface area contributed by atoms with E-state index in [1.807, 2.05) is 13.8 Å². The van der Waals surface area contributed by atoms with Crippen molar-refractivity contribution in [1.29, 1.82) is 0 Å². The van der Waals surface area contributed by atoms with Crippen molar-refractivity contribution >= 4 is 5.78 Å². The zero-order valence-corrected chi connectivity index (χ0v) is 15.4. The Morgan fingerprint density at radius 2 is 1.50 bits per heavy atom. The summed E-state index contributed by atoms with van der Waals surface area (Å²) in [5.74, 6) is 0.687. The van der Waals surface area contributed by atoms with Crippen LogP contribution < -0.4 is 0 Å². The third-order valence-electron chi connectivity index (χ3n) is 3.36. The van der Waals surface area contributed by atoms with Gasteiger partial charge in [-0.3, -0.25) is 4.79 Å². The molecule has 0 saturated carbocycles. The summed E-state index contributed by atoms with van der Waals surface area (Å²) in [6, 6.07) is 0. The van der Waals surface area contributed by atoms with E-state index in [2.05, 4.69) is 27.0 Å². The van der Waals surface area contributed by atoms with Crippen LogP contribution in [0.1, 0.15) is 79.6 Å². The Kier molecular flexibility index (Phi) is 16.8. The van der Waals surface area contributed by atoms with Crippen LogP contribution in [0.5, 0.6) is 0 Å². The van der Waals surface area contributed by atoms with Crippen LogP contribution >= 0.6 is 0 Å². The average Bonchev–Trinajstić information content (AvgIpc) is 2.51. The van der Waals surface area contributed by atoms with Crippen LogP contribution in [0.15, 0.2) is 36.6 Å². The zero-order chi connectivity index (χ0) is 17.4. The minimum Gasteiger partial charge on any atom is -0.482 e. The van der Waals surface area contributed by atoms with E-state index in [4.69, 9.17) is 4.74 Å². The van der Waals surface area contributed by atoms with Crippen LogP contribution in [0.25, 0.3) is 0 Å². The van der Waals surface area contributed by atoms with Crippen molar-refractivity contribution < 1.29 is 9.53 Å². The molecule has 0 aromatic rings. The number of carbonyl (C=O) groups excluding carboxylic acids is 1. The first-order chi connectivity index (χ1) is 10.5. The van der Waals surface area contributed by atoms with Crippen LogP contribution in [0.3, 0.4) is 0 Å². The van der Waals surface area contributed by atoms with Gasteiger partial charge in [0.1, 0.15) is 5.76 Å². The number of Topliss-reactive ketones (excluding diaryl/α,β-unsaturated/α-hetero) is 1. The lowest BCUT2D eigenvalue weighted by Crippen LogP contribution is -2.21. The van der Waals surface area contributed by atoms with Gasteiger partial charge in [-0.05, 0) is 31.9 Å². The van der Waals surface area contributed by atoms with Gasteiger partial charge in [0, 0.05) is 0 Å². The molecule has 0 amide bonds. The molecule has 22 heavy (non-hydrogen) atoms. The summed E-state index contributed by atoms with van der Waals surface area (Å²) in [5, 5.41) is 0. The highest BCUT2D eigenvalue weighted by molar-refractivity contribution is 5.80. The molecule has 0 spiro atoms. The summed E-state index contributed by atoms with van der Waals surface area (Å²) in [6.07, 6.45) is 11.6. The fourth-order valence-corrected chi connectivity index (χ4v) is 1.84. The van der Waals surface area contributed by atoms with Gasteiger partial charge in [0.25, 0.3) is 0 Å². The molecule has 0 N–H and O–H groups in total. The lowest BCUT2D eigenvalue weighted by Gasteiger charge is -2.17. The highest BCUT2D eigenvalue weighted by Gasteiger charge is 2.15. The second-order valence-corrected chi connectivity index (χ2v) is 5.52. The highest BCUT2D eigenvalue weighted by Crippen LogP contribution is 2.14. The highest BCUT2D eigenvalue weighted by atomic mass is 16.5. The minimum absolute atomic E-state index is 0.0491. The molecule has 0 fully saturated rings. The maximum absolute atomic E-state index is 11.3. The topological polar surface area (TPSA) is 26.3 Å². The van der Waals surface area contributed by atoms with Crippen LogP contribution in [-0.4, -0.2) is 11.9 Å². The number of allylic oxidation sites excluding steroid dienone is 3. The van der Waals surface area contributed by atoms with E-state index in [0.717, 1.165) is 18.4 Å². The predicted molar refractivity (Wildman–Crippen MR) is 98.0 cm³/mol. The quantitative estimate of drug-likeness (QED) is 0.251. The fraction of sp³-hybridized carbons (Fsp3) is 0.650. The summed E-state index contributed by atoms with van der Waals surface area (Å²) in [4.78, 5) is 11.3. The Morgan fingerprint density at radius 3 is 1.82 bits per heavy atom. The summed E-state index contributed by atoms with van der Waals surface area (Å²) in [5.41, 5.74) is 0.896. The van der Waals surface area contributed by atoms with Crippen LogP contribution in [0.2, 0.25) is 0 Å². The maximum atomic E-state index is 11.3. The number of rotatable bonds is 11. The number of hydrogen-bond acceptors (Lipinski definition) is 2. The molecule has 1 unspecified atom stereocenters. The molecule has 0 rings (SSSR count). The van der Waals surface area contributed by atoms with Gasteiger partial charge in [0.2, 0.25) is 0 Å². The van der Waals surface area contributed by atoms with Gasteiger partial charge in [0.15, 0.2) is 11.9 Å². The van der Waals surface area contributed by atoms with Crippen LogP contribution in [0, 0.1) is 0 Å². The SMILES string of the molecule is C=C/C(C)=C(\C=C)OC(CCC)C(C)=O.CCCCCCC. The Balaban J connectivity index is 0. The van der Waals surface area contributed by atoms with E-state index in [0.29, 0.717) is 5.76 Å². The van der Waals surface area contributed by atoms with E-state index in [-0.39, 0.29) is 11.9 Å². The number of unbranched alkanes of at least 4 members (excludes halogenated alkanes) is 4. The monoisotopic (exact) mass is 308 g/mol. The molecule has 0 bridgehead atoms. The van der Waals surface area contributed by atoms with Gasteiger partial charge in [0.05, 0.1) is 0 Å². The predicted octanol–water partition coefficient (Wildman–Crippen LogP) is 6.38. The van der Waals surface area contributed by atoms with Crippen molar-refractivity contribution in [3.8, 4) is 0 Å². The van der Waals surface area contributed by atoms with Gasteiger partial charge in [-0.25, -0.2) is 0 Å². The van der Waals surface area contributed by atoms with E-state index < -0.39 is 0 Å². The van der Waals surface area contributed by atoms with E-state index in [9.17, 15) is 4.79 Å². The Morgan fingerprint density at radius 1 is 0.955 bits per heavy atom. The van der Waals surface area contributed by atoms with E-state index in [1.165, 1.54) is 32.1 Å². The summed E-state index contributed by atoms with van der Waals surface area (Å²) in [6.45, 7) is 17.3. The molecule has 0 aromatic carbocycles. The van der Waals surface area contributed by atoms with Gasteiger partial charge in [-0.2, -0.15) is 0 Å².